The minimum atomic E-state index is -4.35. The van der Waals surface area contributed by atoms with E-state index in [-0.39, 0.29) is 5.82 Å². The summed E-state index contributed by atoms with van der Waals surface area (Å²) in [5.41, 5.74) is 0.354. The zero-order chi connectivity index (χ0) is 13.9. The molecule has 0 saturated heterocycles. The van der Waals surface area contributed by atoms with Gasteiger partial charge in [-0.25, -0.2) is 4.39 Å². The monoisotopic (exact) mass is 267 g/mol. The molecular weight excluding hydrogens is 258 g/mol. The molecule has 0 spiro atoms. The van der Waals surface area contributed by atoms with Crippen molar-refractivity contribution in [2.45, 2.75) is 6.18 Å². The third-order valence-corrected chi connectivity index (χ3v) is 2.43. The molecule has 2 aromatic rings. The summed E-state index contributed by atoms with van der Waals surface area (Å²) in [7, 11) is 0. The quantitative estimate of drug-likeness (QED) is 0.557. The predicted molar refractivity (Wildman–Crippen MR) is 65.1 cm³/mol. The van der Waals surface area contributed by atoms with Crippen molar-refractivity contribution in [3.8, 4) is 0 Å². The molecule has 0 bridgehead atoms. The minimum absolute atomic E-state index is 0.355. The van der Waals surface area contributed by atoms with E-state index in [9.17, 15) is 17.6 Å². The maximum Gasteiger partial charge on any atom is 0.416 e. The molecule has 0 atom stereocenters. The number of aliphatic imine (C=N–C) groups is 1. The van der Waals surface area contributed by atoms with Crippen molar-refractivity contribution >= 4 is 11.9 Å². The third-order valence-electron chi connectivity index (χ3n) is 2.43. The lowest BCUT2D eigenvalue weighted by atomic mass is 10.2. The normalized spacial score (nSPS) is 12.0. The fraction of sp³-hybridized carbons (Fsp3) is 0.0714. The Balaban J connectivity index is 2.13. The summed E-state index contributed by atoms with van der Waals surface area (Å²) in [6, 6.07) is 10.1. The minimum Gasteiger partial charge on any atom is -0.256 e. The molecule has 0 fully saturated rings. The van der Waals surface area contributed by atoms with E-state index in [1.54, 1.807) is 0 Å². The van der Waals surface area contributed by atoms with Gasteiger partial charge in [0.25, 0.3) is 0 Å². The molecule has 19 heavy (non-hydrogen) atoms. The van der Waals surface area contributed by atoms with Gasteiger partial charge in [0.1, 0.15) is 5.82 Å². The van der Waals surface area contributed by atoms with Crippen molar-refractivity contribution in [3.63, 3.8) is 0 Å². The average Bonchev–Trinajstić information content (AvgIpc) is 2.37. The Morgan fingerprint density at radius 3 is 1.95 bits per heavy atom. The van der Waals surface area contributed by atoms with Gasteiger partial charge in [0.05, 0.1) is 11.3 Å². The van der Waals surface area contributed by atoms with Gasteiger partial charge in [0, 0.05) is 6.21 Å². The van der Waals surface area contributed by atoms with Crippen molar-refractivity contribution in [1.82, 2.24) is 0 Å². The van der Waals surface area contributed by atoms with Gasteiger partial charge in [0.2, 0.25) is 0 Å². The fourth-order valence-electron chi connectivity index (χ4n) is 1.43. The van der Waals surface area contributed by atoms with Gasteiger partial charge in [-0.15, -0.1) is 0 Å². The van der Waals surface area contributed by atoms with Crippen LogP contribution in [-0.2, 0) is 6.18 Å². The van der Waals surface area contributed by atoms with E-state index in [2.05, 4.69) is 4.99 Å². The summed E-state index contributed by atoms with van der Waals surface area (Å²) < 4.78 is 49.7. The number of alkyl halides is 3. The van der Waals surface area contributed by atoms with Crippen LogP contribution >= 0.6 is 0 Å². The molecule has 0 unspecified atom stereocenters. The van der Waals surface area contributed by atoms with Gasteiger partial charge < -0.3 is 0 Å². The predicted octanol–water partition coefficient (Wildman–Crippen LogP) is 4.60. The van der Waals surface area contributed by atoms with Crippen LogP contribution in [0.5, 0.6) is 0 Å². The van der Waals surface area contributed by atoms with Crippen LogP contribution < -0.4 is 0 Å². The zero-order valence-electron chi connectivity index (χ0n) is 9.66. The molecule has 0 aliphatic rings. The molecule has 0 radical (unpaired) electrons. The second-order valence-electron chi connectivity index (χ2n) is 3.85. The van der Waals surface area contributed by atoms with Crippen molar-refractivity contribution in [1.29, 1.82) is 0 Å². The summed E-state index contributed by atoms with van der Waals surface area (Å²) in [5.74, 6) is -0.355. The topological polar surface area (TPSA) is 12.4 Å². The van der Waals surface area contributed by atoms with Crippen LogP contribution in [0.15, 0.2) is 53.5 Å². The van der Waals surface area contributed by atoms with Crippen molar-refractivity contribution < 1.29 is 17.6 Å². The first kappa shape index (κ1) is 13.3. The number of hydrogen-bond donors (Lipinski definition) is 0. The Morgan fingerprint density at radius 2 is 1.42 bits per heavy atom. The van der Waals surface area contributed by atoms with Crippen LogP contribution in [-0.4, -0.2) is 6.21 Å². The van der Waals surface area contributed by atoms with E-state index in [0.29, 0.717) is 11.3 Å². The number of benzene rings is 2. The Kier molecular flexibility index (Phi) is 3.64. The Bertz CT molecular complexity index is 568. The van der Waals surface area contributed by atoms with Gasteiger partial charge in [-0.05, 0) is 42.0 Å². The standard InChI is InChI=1S/C14H9F4N/c15-12-5-1-10(2-6-12)9-19-13-7-3-11(4-8-13)14(16,17)18/h1-9H. The fourth-order valence-corrected chi connectivity index (χ4v) is 1.43. The summed E-state index contributed by atoms with van der Waals surface area (Å²) in [5, 5.41) is 0. The third kappa shape index (κ3) is 3.64. The second kappa shape index (κ2) is 5.22. The molecule has 98 valence electrons. The molecule has 1 nitrogen and oxygen atoms in total. The molecule has 0 saturated carbocycles. The molecule has 0 aliphatic carbocycles. The maximum atomic E-state index is 12.7. The molecule has 0 aromatic heterocycles. The first-order valence-electron chi connectivity index (χ1n) is 5.42. The summed E-state index contributed by atoms with van der Waals surface area (Å²) in [4.78, 5) is 4.01. The lowest BCUT2D eigenvalue weighted by Gasteiger charge is -2.05. The summed E-state index contributed by atoms with van der Waals surface area (Å²) >= 11 is 0. The van der Waals surface area contributed by atoms with Crippen LogP contribution in [0, 0.1) is 5.82 Å². The van der Waals surface area contributed by atoms with E-state index in [1.165, 1.54) is 42.6 Å². The highest BCUT2D eigenvalue weighted by Crippen LogP contribution is 2.30. The van der Waals surface area contributed by atoms with E-state index >= 15 is 0 Å². The van der Waals surface area contributed by atoms with Gasteiger partial charge in [0.15, 0.2) is 0 Å². The van der Waals surface area contributed by atoms with Crippen LogP contribution in [0.4, 0.5) is 23.2 Å². The molecule has 0 amide bonds. The molecule has 0 N–H and O–H groups in total. The van der Waals surface area contributed by atoms with Crippen LogP contribution in [0.2, 0.25) is 0 Å². The van der Waals surface area contributed by atoms with Crippen molar-refractivity contribution in [3.05, 3.63) is 65.5 Å². The van der Waals surface area contributed by atoms with E-state index in [0.717, 1.165) is 12.1 Å². The number of halogens is 4. The Labute approximate surface area is 107 Å². The van der Waals surface area contributed by atoms with Gasteiger partial charge in [-0.1, -0.05) is 12.1 Å². The largest absolute Gasteiger partial charge is 0.416 e. The van der Waals surface area contributed by atoms with Gasteiger partial charge >= 0.3 is 6.18 Å². The first-order chi connectivity index (χ1) is 8.95. The van der Waals surface area contributed by atoms with E-state index in [4.69, 9.17) is 0 Å². The summed E-state index contributed by atoms with van der Waals surface area (Å²) in [6.07, 6.45) is -2.89. The van der Waals surface area contributed by atoms with Gasteiger partial charge in [-0.2, -0.15) is 13.2 Å². The maximum absolute atomic E-state index is 12.7. The summed E-state index contributed by atoms with van der Waals surface area (Å²) in [6.45, 7) is 0. The van der Waals surface area contributed by atoms with Gasteiger partial charge in [-0.3, -0.25) is 4.99 Å². The van der Waals surface area contributed by atoms with E-state index < -0.39 is 11.7 Å². The second-order valence-corrected chi connectivity index (χ2v) is 3.85. The lowest BCUT2D eigenvalue weighted by Crippen LogP contribution is -2.03. The molecule has 0 heterocycles. The highest BCUT2D eigenvalue weighted by Gasteiger charge is 2.29. The number of rotatable bonds is 2. The Hall–Kier alpha value is -2.17. The SMILES string of the molecule is Fc1ccc(C=Nc2ccc(C(F)(F)F)cc2)cc1. The first-order valence-corrected chi connectivity index (χ1v) is 5.42. The van der Waals surface area contributed by atoms with E-state index in [1.807, 2.05) is 0 Å². The number of hydrogen-bond acceptors (Lipinski definition) is 1. The van der Waals surface area contributed by atoms with Crippen molar-refractivity contribution in [2.24, 2.45) is 4.99 Å². The van der Waals surface area contributed by atoms with Crippen LogP contribution in [0.3, 0.4) is 0 Å². The molecule has 5 heteroatoms. The molecule has 2 aromatic carbocycles. The Morgan fingerprint density at radius 1 is 0.842 bits per heavy atom. The van der Waals surface area contributed by atoms with Crippen LogP contribution in [0.25, 0.3) is 0 Å². The molecular formula is C14H9F4N. The smallest absolute Gasteiger partial charge is 0.256 e. The lowest BCUT2D eigenvalue weighted by molar-refractivity contribution is -0.137. The highest BCUT2D eigenvalue weighted by molar-refractivity contribution is 5.81. The number of nitrogens with zero attached hydrogens (tertiary/aromatic N) is 1. The van der Waals surface area contributed by atoms with Crippen molar-refractivity contribution in [2.75, 3.05) is 0 Å². The van der Waals surface area contributed by atoms with Crippen LogP contribution in [0.1, 0.15) is 11.1 Å². The average molecular weight is 267 g/mol. The zero-order valence-corrected chi connectivity index (χ0v) is 9.66. The molecule has 2 rings (SSSR count). The highest BCUT2D eigenvalue weighted by atomic mass is 19.4. The molecule has 0 aliphatic heterocycles.